The van der Waals surface area contributed by atoms with Gasteiger partial charge in [0.05, 0.1) is 13.2 Å². The zero-order valence-electron chi connectivity index (χ0n) is 11.8. The van der Waals surface area contributed by atoms with E-state index in [9.17, 15) is 9.90 Å². The lowest BCUT2D eigenvalue weighted by atomic mass is 10.1. The Morgan fingerprint density at radius 1 is 1.42 bits per heavy atom. The van der Waals surface area contributed by atoms with Crippen molar-refractivity contribution in [3.63, 3.8) is 0 Å². The van der Waals surface area contributed by atoms with E-state index in [0.29, 0.717) is 25.4 Å². The number of hydrogen-bond donors (Lipinski definition) is 2. The molecule has 1 aromatic rings. The molecule has 0 radical (unpaired) electrons. The molecule has 0 saturated carbocycles. The Bertz CT molecular complexity index is 421. The number of likely N-dealkylation sites (N-methyl/N-ethyl adjacent to an activating group) is 2. The molecular weight excluding hydrogens is 244 g/mol. The van der Waals surface area contributed by atoms with Crippen LogP contribution in [-0.2, 0) is 11.3 Å². The van der Waals surface area contributed by atoms with Crippen molar-refractivity contribution in [2.24, 2.45) is 0 Å². The zero-order valence-corrected chi connectivity index (χ0v) is 11.8. The topological polar surface area (TPSA) is 61.8 Å². The smallest absolute Gasteiger partial charge is 0.233 e. The minimum atomic E-state index is -0.0395. The Morgan fingerprint density at radius 2 is 2.16 bits per heavy atom. The molecule has 0 aliphatic carbocycles. The molecule has 106 valence electrons. The summed E-state index contributed by atoms with van der Waals surface area (Å²) in [5, 5.41) is 12.7. The lowest BCUT2D eigenvalue weighted by molar-refractivity contribution is -0.121. The first-order chi connectivity index (χ1) is 9.12. The van der Waals surface area contributed by atoms with Crippen LogP contribution in [0.1, 0.15) is 19.4 Å². The van der Waals surface area contributed by atoms with E-state index in [1.807, 2.05) is 30.9 Å². The summed E-state index contributed by atoms with van der Waals surface area (Å²) in [5.74, 6) is 0.595. The number of para-hydroxylation sites is 1. The molecule has 1 amide bonds. The van der Waals surface area contributed by atoms with Crippen molar-refractivity contribution in [3.05, 3.63) is 23.8 Å². The number of rotatable bonds is 7. The number of amides is 1. The molecule has 0 heterocycles. The summed E-state index contributed by atoms with van der Waals surface area (Å²) in [6.45, 7) is 5.91. The highest BCUT2D eigenvalue weighted by Gasteiger charge is 2.13. The minimum Gasteiger partial charge on any atom is -0.504 e. The van der Waals surface area contributed by atoms with Crippen LogP contribution >= 0.6 is 0 Å². The van der Waals surface area contributed by atoms with Crippen LogP contribution in [0, 0.1) is 0 Å². The van der Waals surface area contributed by atoms with Crippen molar-refractivity contribution in [1.82, 2.24) is 10.2 Å². The van der Waals surface area contributed by atoms with Gasteiger partial charge in [0.25, 0.3) is 0 Å². The maximum absolute atomic E-state index is 11.4. The van der Waals surface area contributed by atoms with Gasteiger partial charge < -0.3 is 15.2 Å². The molecule has 0 aliphatic rings. The minimum absolute atomic E-state index is 0.0395. The summed E-state index contributed by atoms with van der Waals surface area (Å²) in [6.07, 6.45) is 0. The van der Waals surface area contributed by atoms with E-state index < -0.39 is 0 Å². The normalized spacial score (nSPS) is 10.5. The van der Waals surface area contributed by atoms with Crippen LogP contribution in [0.5, 0.6) is 11.5 Å². The number of phenols is 1. The summed E-state index contributed by atoms with van der Waals surface area (Å²) in [6, 6.07) is 5.41. The molecule has 5 nitrogen and oxygen atoms in total. The van der Waals surface area contributed by atoms with E-state index in [4.69, 9.17) is 4.74 Å². The molecule has 0 saturated heterocycles. The standard InChI is InChI=1S/C14H22N2O3/c1-4-16(10-13(17)15-3)9-11-7-6-8-12(14(11)18)19-5-2/h6-8,18H,4-5,9-10H2,1-3H3,(H,15,17). The molecule has 0 bridgehead atoms. The molecule has 0 aliphatic heterocycles. The number of hydrogen-bond acceptors (Lipinski definition) is 4. The van der Waals surface area contributed by atoms with E-state index in [2.05, 4.69) is 5.32 Å². The second-order valence-electron chi connectivity index (χ2n) is 4.17. The molecule has 2 N–H and O–H groups in total. The fraction of sp³-hybridized carbons (Fsp3) is 0.500. The number of ether oxygens (including phenoxy) is 1. The molecule has 1 aromatic carbocycles. The van der Waals surface area contributed by atoms with Gasteiger partial charge in [0.1, 0.15) is 0 Å². The Labute approximate surface area is 114 Å². The molecule has 0 fully saturated rings. The molecule has 19 heavy (non-hydrogen) atoms. The van der Waals surface area contributed by atoms with E-state index in [1.54, 1.807) is 13.1 Å². The van der Waals surface area contributed by atoms with Crippen molar-refractivity contribution < 1.29 is 14.6 Å². The summed E-state index contributed by atoms with van der Waals surface area (Å²) < 4.78 is 5.35. The quantitative estimate of drug-likeness (QED) is 0.782. The summed E-state index contributed by atoms with van der Waals surface area (Å²) in [7, 11) is 1.61. The third-order valence-electron chi connectivity index (χ3n) is 2.87. The lowest BCUT2D eigenvalue weighted by Crippen LogP contribution is -2.35. The predicted octanol–water partition coefficient (Wildman–Crippen LogP) is 1.36. The number of nitrogens with one attached hydrogen (secondary N) is 1. The van der Waals surface area contributed by atoms with Crippen molar-refractivity contribution >= 4 is 5.91 Å². The molecule has 0 unspecified atom stereocenters. The van der Waals surface area contributed by atoms with Crippen LogP contribution in [0.4, 0.5) is 0 Å². The van der Waals surface area contributed by atoms with Crippen molar-refractivity contribution in [3.8, 4) is 11.5 Å². The van der Waals surface area contributed by atoms with Gasteiger partial charge in [-0.05, 0) is 19.5 Å². The molecule has 5 heteroatoms. The monoisotopic (exact) mass is 266 g/mol. The lowest BCUT2D eigenvalue weighted by Gasteiger charge is -2.20. The first kappa shape index (κ1) is 15.3. The van der Waals surface area contributed by atoms with Gasteiger partial charge in [0, 0.05) is 19.2 Å². The molecule has 0 spiro atoms. The molecule has 0 atom stereocenters. The van der Waals surface area contributed by atoms with E-state index >= 15 is 0 Å². The van der Waals surface area contributed by atoms with Gasteiger partial charge in [0.2, 0.25) is 5.91 Å². The molecule has 0 aromatic heterocycles. The highest BCUT2D eigenvalue weighted by Crippen LogP contribution is 2.30. The highest BCUT2D eigenvalue weighted by atomic mass is 16.5. The number of carbonyl (C=O) groups excluding carboxylic acids is 1. The van der Waals surface area contributed by atoms with Gasteiger partial charge in [-0.15, -0.1) is 0 Å². The zero-order chi connectivity index (χ0) is 14.3. The van der Waals surface area contributed by atoms with Gasteiger partial charge in [-0.25, -0.2) is 0 Å². The first-order valence-corrected chi connectivity index (χ1v) is 6.48. The number of phenolic OH excluding ortho intramolecular Hbond substituents is 1. The SMILES string of the molecule is CCOc1cccc(CN(CC)CC(=O)NC)c1O. The third-order valence-corrected chi connectivity index (χ3v) is 2.87. The Morgan fingerprint density at radius 3 is 2.74 bits per heavy atom. The van der Waals surface area contributed by atoms with E-state index in [1.165, 1.54) is 0 Å². The van der Waals surface area contributed by atoms with Crippen LogP contribution < -0.4 is 10.1 Å². The fourth-order valence-corrected chi connectivity index (χ4v) is 1.77. The fourth-order valence-electron chi connectivity index (χ4n) is 1.77. The second-order valence-corrected chi connectivity index (χ2v) is 4.17. The maximum Gasteiger partial charge on any atom is 0.233 e. The molecule has 1 rings (SSSR count). The molecular formula is C14H22N2O3. The Balaban J connectivity index is 2.79. The van der Waals surface area contributed by atoms with Gasteiger partial charge >= 0.3 is 0 Å². The Hall–Kier alpha value is -1.75. The predicted molar refractivity (Wildman–Crippen MR) is 74.3 cm³/mol. The third kappa shape index (κ3) is 4.44. The van der Waals surface area contributed by atoms with Crippen molar-refractivity contribution in [2.75, 3.05) is 26.7 Å². The maximum atomic E-state index is 11.4. The average Bonchev–Trinajstić information content (AvgIpc) is 2.42. The average molecular weight is 266 g/mol. The number of aromatic hydroxyl groups is 1. The summed E-state index contributed by atoms with van der Waals surface area (Å²) in [4.78, 5) is 13.3. The summed E-state index contributed by atoms with van der Waals surface area (Å²) >= 11 is 0. The van der Waals surface area contributed by atoms with Crippen LogP contribution in [0.3, 0.4) is 0 Å². The second kappa shape index (κ2) is 7.63. The van der Waals surface area contributed by atoms with E-state index in [-0.39, 0.29) is 11.7 Å². The number of carbonyl (C=O) groups is 1. The first-order valence-electron chi connectivity index (χ1n) is 6.48. The number of benzene rings is 1. The van der Waals surface area contributed by atoms with Crippen LogP contribution in [0.25, 0.3) is 0 Å². The van der Waals surface area contributed by atoms with Gasteiger partial charge in [-0.3, -0.25) is 9.69 Å². The van der Waals surface area contributed by atoms with Crippen molar-refractivity contribution in [2.45, 2.75) is 20.4 Å². The highest BCUT2D eigenvalue weighted by molar-refractivity contribution is 5.77. The van der Waals surface area contributed by atoms with Crippen LogP contribution in [0.2, 0.25) is 0 Å². The van der Waals surface area contributed by atoms with Gasteiger partial charge in [-0.2, -0.15) is 0 Å². The van der Waals surface area contributed by atoms with Crippen LogP contribution in [0.15, 0.2) is 18.2 Å². The van der Waals surface area contributed by atoms with Gasteiger partial charge in [0.15, 0.2) is 11.5 Å². The van der Waals surface area contributed by atoms with Crippen LogP contribution in [-0.4, -0.2) is 42.7 Å². The van der Waals surface area contributed by atoms with Gasteiger partial charge in [-0.1, -0.05) is 19.1 Å². The number of nitrogens with zero attached hydrogens (tertiary/aromatic N) is 1. The Kier molecular flexibility index (Phi) is 6.15. The largest absolute Gasteiger partial charge is 0.504 e. The van der Waals surface area contributed by atoms with Crippen molar-refractivity contribution in [1.29, 1.82) is 0 Å². The van der Waals surface area contributed by atoms with E-state index in [0.717, 1.165) is 12.1 Å². The summed E-state index contributed by atoms with van der Waals surface area (Å²) in [5.41, 5.74) is 0.761.